The van der Waals surface area contributed by atoms with Gasteiger partial charge in [-0.15, -0.1) is 28.6 Å². The molecular formula is C5H6BrNOS2. The van der Waals surface area contributed by atoms with E-state index in [0.717, 1.165) is 15.5 Å². The van der Waals surface area contributed by atoms with Crippen molar-refractivity contribution >= 4 is 39.4 Å². The third kappa shape index (κ3) is 2.40. The Morgan fingerprint density at radius 1 is 1.50 bits per heavy atom. The van der Waals surface area contributed by atoms with Crippen molar-refractivity contribution in [2.24, 2.45) is 0 Å². The second-order valence-corrected chi connectivity index (χ2v) is 2.60. The van der Waals surface area contributed by atoms with Crippen molar-refractivity contribution in [3.8, 4) is 0 Å². The highest BCUT2D eigenvalue weighted by molar-refractivity contribution is 8.93. The van der Waals surface area contributed by atoms with Crippen LogP contribution in [0.15, 0.2) is 29.4 Å². The molecule has 1 rings (SSSR count). The smallest absolute Gasteiger partial charge is 0.261 e. The molecule has 1 aromatic heterocycles. The van der Waals surface area contributed by atoms with E-state index in [-0.39, 0.29) is 17.0 Å². The molecule has 0 spiro atoms. The normalized spacial score (nSPS) is 8.50. The summed E-state index contributed by atoms with van der Waals surface area (Å²) in [5.74, 6) is 0. The van der Waals surface area contributed by atoms with Gasteiger partial charge < -0.3 is 5.21 Å². The molecule has 0 aromatic carbocycles. The number of nitrogens with zero attached hydrogens (tertiary/aromatic N) is 1. The topological polar surface area (TPSA) is 26.9 Å². The highest BCUT2D eigenvalue weighted by atomic mass is 79.9. The van der Waals surface area contributed by atoms with Gasteiger partial charge in [-0.2, -0.15) is 4.73 Å². The Balaban J connectivity index is 0.000000810. The summed E-state index contributed by atoms with van der Waals surface area (Å²) < 4.78 is 0.775. The van der Waals surface area contributed by atoms with Gasteiger partial charge in [0.05, 0.1) is 0 Å². The molecule has 0 bridgehead atoms. The van der Waals surface area contributed by atoms with Gasteiger partial charge in [0, 0.05) is 22.9 Å². The van der Waals surface area contributed by atoms with Gasteiger partial charge in [0.25, 0.3) is 5.03 Å². The summed E-state index contributed by atoms with van der Waals surface area (Å²) in [6, 6.07) is 5.19. The molecule has 56 valence electrons. The highest BCUT2D eigenvalue weighted by Gasteiger charge is 1.97. The lowest BCUT2D eigenvalue weighted by Crippen LogP contribution is -2.26. The first-order valence-corrected chi connectivity index (χ1v) is 4.21. The molecule has 10 heavy (non-hydrogen) atoms. The van der Waals surface area contributed by atoms with Crippen molar-refractivity contribution in [3.05, 3.63) is 29.6 Å². The van der Waals surface area contributed by atoms with Crippen LogP contribution in [-0.2, 0) is 0 Å². The van der Waals surface area contributed by atoms with Crippen molar-refractivity contribution < 1.29 is 4.73 Å². The Bertz CT molecular complexity index is 209. The zero-order valence-electron chi connectivity index (χ0n) is 4.93. The zero-order valence-corrected chi connectivity index (χ0v) is 8.35. The maximum absolute atomic E-state index is 10.7. The monoisotopic (exact) mass is 239 g/mol. The third-order valence-corrected chi connectivity index (χ3v) is 1.95. The van der Waals surface area contributed by atoms with Gasteiger partial charge in [0.1, 0.15) is 0 Å². The standard InChI is InChI=1S/C5H5NOS2.BrH/c7-6-4-2-1-3-5(6)9-8;/h1-4,8H;1H. The molecule has 0 radical (unpaired) electrons. The number of rotatable bonds is 1. The number of pyridine rings is 1. The lowest BCUT2D eigenvalue weighted by Gasteiger charge is -1.97. The van der Waals surface area contributed by atoms with Gasteiger partial charge in [-0.05, 0) is 6.07 Å². The minimum Gasteiger partial charge on any atom is -0.618 e. The Hall–Kier alpha value is 0.130. The first-order chi connectivity index (χ1) is 4.34. The van der Waals surface area contributed by atoms with Crippen molar-refractivity contribution in [1.82, 2.24) is 0 Å². The molecule has 0 amide bonds. The Labute approximate surface area is 78.8 Å². The van der Waals surface area contributed by atoms with E-state index in [0.29, 0.717) is 5.03 Å². The first-order valence-electron chi connectivity index (χ1n) is 2.34. The van der Waals surface area contributed by atoms with Crippen LogP contribution >= 0.6 is 39.4 Å². The lowest BCUT2D eigenvalue weighted by molar-refractivity contribution is -0.645. The molecule has 0 aliphatic heterocycles. The average molecular weight is 240 g/mol. The van der Waals surface area contributed by atoms with E-state index in [1.165, 1.54) is 6.20 Å². The van der Waals surface area contributed by atoms with Crippen molar-refractivity contribution in [2.45, 2.75) is 5.03 Å². The van der Waals surface area contributed by atoms with Crippen LogP contribution in [0.3, 0.4) is 0 Å². The fourth-order valence-electron chi connectivity index (χ4n) is 0.483. The van der Waals surface area contributed by atoms with Gasteiger partial charge >= 0.3 is 0 Å². The zero-order chi connectivity index (χ0) is 6.69. The second-order valence-electron chi connectivity index (χ2n) is 1.46. The second kappa shape index (κ2) is 4.87. The molecule has 1 aromatic rings. The fraction of sp³-hybridized carbons (Fsp3) is 0. The Morgan fingerprint density at radius 3 is 2.60 bits per heavy atom. The number of hydrogen-bond acceptors (Lipinski definition) is 3. The van der Waals surface area contributed by atoms with E-state index in [1.54, 1.807) is 18.2 Å². The molecule has 1 heterocycles. The van der Waals surface area contributed by atoms with Crippen molar-refractivity contribution in [3.63, 3.8) is 0 Å². The largest absolute Gasteiger partial charge is 0.618 e. The molecule has 0 saturated heterocycles. The molecule has 0 unspecified atom stereocenters. The quantitative estimate of drug-likeness (QED) is 0.351. The predicted octanol–water partition coefficient (Wildman–Crippen LogP) is 1.83. The van der Waals surface area contributed by atoms with Crippen LogP contribution in [0.25, 0.3) is 0 Å². The summed E-state index contributed by atoms with van der Waals surface area (Å²) in [4.78, 5) is 0. The molecule has 0 N–H and O–H groups in total. The van der Waals surface area contributed by atoms with E-state index in [4.69, 9.17) is 0 Å². The van der Waals surface area contributed by atoms with Gasteiger partial charge in [-0.1, -0.05) is 0 Å². The van der Waals surface area contributed by atoms with E-state index in [9.17, 15) is 5.21 Å². The first kappa shape index (κ1) is 10.1. The Kier molecular flexibility index (Phi) is 4.93. The van der Waals surface area contributed by atoms with E-state index in [2.05, 4.69) is 11.7 Å². The molecule has 0 atom stereocenters. The number of aromatic nitrogens is 1. The average Bonchev–Trinajstić information content (AvgIpc) is 1.89. The molecule has 5 heteroatoms. The van der Waals surface area contributed by atoms with Crippen LogP contribution in [0.4, 0.5) is 0 Å². The van der Waals surface area contributed by atoms with Crippen LogP contribution in [0.1, 0.15) is 0 Å². The van der Waals surface area contributed by atoms with Crippen LogP contribution in [-0.4, -0.2) is 0 Å². The molecule has 2 nitrogen and oxygen atoms in total. The number of halogens is 1. The minimum atomic E-state index is 0. The summed E-state index contributed by atoms with van der Waals surface area (Å²) in [7, 11) is 1.14. The SMILES string of the molecule is Br.[O-][n+]1ccccc1SS. The minimum absolute atomic E-state index is 0. The summed E-state index contributed by atoms with van der Waals surface area (Å²) in [5, 5.41) is 11.3. The van der Waals surface area contributed by atoms with Gasteiger partial charge in [0.2, 0.25) is 0 Å². The highest BCUT2D eigenvalue weighted by Crippen LogP contribution is 2.15. The summed E-state index contributed by atoms with van der Waals surface area (Å²) in [5.41, 5.74) is 0. The van der Waals surface area contributed by atoms with Gasteiger partial charge in [-0.3, -0.25) is 0 Å². The van der Waals surface area contributed by atoms with Crippen LogP contribution in [0.5, 0.6) is 0 Å². The van der Waals surface area contributed by atoms with E-state index < -0.39 is 0 Å². The van der Waals surface area contributed by atoms with Crippen molar-refractivity contribution in [2.75, 3.05) is 0 Å². The van der Waals surface area contributed by atoms with Crippen LogP contribution in [0, 0.1) is 5.21 Å². The van der Waals surface area contributed by atoms with E-state index in [1.807, 2.05) is 0 Å². The van der Waals surface area contributed by atoms with Crippen LogP contribution < -0.4 is 4.73 Å². The Morgan fingerprint density at radius 2 is 2.20 bits per heavy atom. The number of hydrogen-bond donors (Lipinski definition) is 1. The van der Waals surface area contributed by atoms with Crippen molar-refractivity contribution in [1.29, 1.82) is 0 Å². The van der Waals surface area contributed by atoms with Crippen LogP contribution in [0.2, 0.25) is 0 Å². The van der Waals surface area contributed by atoms with E-state index >= 15 is 0 Å². The molecule has 0 aliphatic rings. The molecular weight excluding hydrogens is 234 g/mol. The maximum Gasteiger partial charge on any atom is 0.261 e. The summed E-state index contributed by atoms with van der Waals surface area (Å²) >= 11 is 3.88. The molecule has 0 aliphatic carbocycles. The summed E-state index contributed by atoms with van der Waals surface area (Å²) in [6.07, 6.45) is 1.44. The summed E-state index contributed by atoms with van der Waals surface area (Å²) in [6.45, 7) is 0. The van der Waals surface area contributed by atoms with Gasteiger partial charge in [-0.25, -0.2) is 0 Å². The lowest BCUT2D eigenvalue weighted by atomic mass is 10.5. The third-order valence-electron chi connectivity index (χ3n) is 0.882. The van der Waals surface area contributed by atoms with Gasteiger partial charge in [0.15, 0.2) is 6.20 Å². The molecule has 0 fully saturated rings. The predicted molar refractivity (Wildman–Crippen MR) is 50.6 cm³/mol. The molecule has 0 saturated carbocycles. The fourth-order valence-corrected chi connectivity index (χ4v) is 1.19. The number of thiol groups is 1. The maximum atomic E-state index is 10.7.